The van der Waals surface area contributed by atoms with Crippen molar-refractivity contribution in [2.24, 2.45) is 10.9 Å². The molecule has 1 heterocycles. The van der Waals surface area contributed by atoms with Crippen LogP contribution in [0, 0.1) is 19.8 Å². The molecule has 28 heavy (non-hydrogen) atoms. The maximum absolute atomic E-state index is 12.9. The van der Waals surface area contributed by atoms with Crippen LogP contribution in [0.4, 0.5) is 5.69 Å². The summed E-state index contributed by atoms with van der Waals surface area (Å²) in [5, 5.41) is 3.51. The van der Waals surface area contributed by atoms with Crippen LogP contribution in [0.1, 0.15) is 43.0 Å². The lowest BCUT2D eigenvalue weighted by Crippen LogP contribution is -2.38. The number of nitrogens with one attached hydrogen (secondary N) is 1. The molecule has 1 unspecified atom stereocenters. The number of ether oxygens (including phenoxy) is 1. The standard InChI is InChI=1S/C24H30N2O2/c1-6-28-23(27)20-14-18-12-7-8-13-19(18)15-24(4,5)26-22(20)25-21-16(2)10-9-11-17(21)3/h7-13,20H,6,14-15H2,1-5H3,(H,25,26). The SMILES string of the molecule is CCOC(=O)C1Cc2ccccc2CC(C)(C)N=C1Nc1c(C)cccc1C. The van der Waals surface area contributed by atoms with Crippen LogP contribution in [-0.2, 0) is 22.4 Å². The van der Waals surface area contributed by atoms with Gasteiger partial charge < -0.3 is 10.1 Å². The molecule has 4 heteroatoms. The van der Waals surface area contributed by atoms with E-state index in [0.717, 1.165) is 23.2 Å². The van der Waals surface area contributed by atoms with E-state index in [1.165, 1.54) is 11.1 Å². The van der Waals surface area contributed by atoms with Gasteiger partial charge in [-0.3, -0.25) is 9.79 Å². The zero-order chi connectivity index (χ0) is 20.3. The second-order valence-corrected chi connectivity index (χ2v) is 8.16. The highest BCUT2D eigenvalue weighted by molar-refractivity contribution is 6.09. The fourth-order valence-corrected chi connectivity index (χ4v) is 3.85. The van der Waals surface area contributed by atoms with Crippen molar-refractivity contribution in [3.8, 4) is 0 Å². The van der Waals surface area contributed by atoms with Crippen molar-refractivity contribution >= 4 is 17.5 Å². The number of hydrogen-bond acceptors (Lipinski definition) is 4. The summed E-state index contributed by atoms with van der Waals surface area (Å²) in [7, 11) is 0. The summed E-state index contributed by atoms with van der Waals surface area (Å²) in [4.78, 5) is 17.9. The Morgan fingerprint density at radius 3 is 2.39 bits per heavy atom. The molecule has 1 aliphatic heterocycles. The quantitative estimate of drug-likeness (QED) is 0.775. The summed E-state index contributed by atoms with van der Waals surface area (Å²) in [5.74, 6) is 0.00234. The number of carbonyl (C=O) groups is 1. The van der Waals surface area contributed by atoms with Crippen molar-refractivity contribution in [3.05, 3.63) is 64.7 Å². The summed E-state index contributed by atoms with van der Waals surface area (Å²) in [5.41, 5.74) is 5.37. The molecule has 0 saturated heterocycles. The summed E-state index contributed by atoms with van der Waals surface area (Å²) in [6.07, 6.45) is 1.42. The minimum atomic E-state index is -0.459. The topological polar surface area (TPSA) is 50.7 Å². The van der Waals surface area contributed by atoms with E-state index in [2.05, 4.69) is 63.3 Å². The molecule has 0 spiro atoms. The Labute approximate surface area is 168 Å². The summed E-state index contributed by atoms with van der Waals surface area (Å²) >= 11 is 0. The average Bonchev–Trinajstić information content (AvgIpc) is 2.62. The number of anilines is 1. The molecule has 2 aromatic rings. The molecule has 0 saturated carbocycles. The van der Waals surface area contributed by atoms with Crippen LogP contribution in [0.3, 0.4) is 0 Å². The van der Waals surface area contributed by atoms with Gasteiger partial charge in [-0.2, -0.15) is 0 Å². The molecule has 4 nitrogen and oxygen atoms in total. The first-order chi connectivity index (χ1) is 13.3. The molecule has 0 bridgehead atoms. The van der Waals surface area contributed by atoms with Gasteiger partial charge in [0.25, 0.3) is 0 Å². The zero-order valence-corrected chi connectivity index (χ0v) is 17.5. The van der Waals surface area contributed by atoms with Crippen LogP contribution in [0.2, 0.25) is 0 Å². The molecule has 148 valence electrons. The molecule has 1 N–H and O–H groups in total. The summed E-state index contributed by atoms with van der Waals surface area (Å²) in [6, 6.07) is 14.5. The maximum atomic E-state index is 12.9. The predicted molar refractivity (Wildman–Crippen MR) is 115 cm³/mol. The second kappa shape index (κ2) is 8.17. The third-order valence-corrected chi connectivity index (χ3v) is 5.22. The number of rotatable bonds is 3. The van der Waals surface area contributed by atoms with E-state index in [1.54, 1.807) is 0 Å². The molecular formula is C24H30N2O2. The number of para-hydroxylation sites is 1. The Hall–Kier alpha value is -2.62. The van der Waals surface area contributed by atoms with E-state index in [-0.39, 0.29) is 11.5 Å². The number of amidine groups is 1. The molecular weight excluding hydrogens is 348 g/mol. The predicted octanol–water partition coefficient (Wildman–Crippen LogP) is 4.87. The lowest BCUT2D eigenvalue weighted by molar-refractivity contribution is -0.145. The Kier molecular flexibility index (Phi) is 5.87. The van der Waals surface area contributed by atoms with Crippen LogP contribution in [0.5, 0.6) is 0 Å². The first kappa shape index (κ1) is 20.1. The summed E-state index contributed by atoms with van der Waals surface area (Å²) < 4.78 is 5.43. The number of aliphatic imine (C=N–C) groups is 1. The van der Waals surface area contributed by atoms with Crippen molar-refractivity contribution in [1.82, 2.24) is 0 Å². The number of hydrogen-bond donors (Lipinski definition) is 1. The Morgan fingerprint density at radius 1 is 1.11 bits per heavy atom. The van der Waals surface area contributed by atoms with Gasteiger partial charge in [0.2, 0.25) is 0 Å². The number of nitrogens with zero attached hydrogens (tertiary/aromatic N) is 1. The third-order valence-electron chi connectivity index (χ3n) is 5.22. The lowest BCUT2D eigenvalue weighted by atomic mass is 9.85. The molecule has 3 rings (SSSR count). The fraction of sp³-hybridized carbons (Fsp3) is 0.417. The van der Waals surface area contributed by atoms with Crippen LogP contribution < -0.4 is 5.32 Å². The minimum Gasteiger partial charge on any atom is -0.465 e. The van der Waals surface area contributed by atoms with E-state index in [0.29, 0.717) is 18.9 Å². The molecule has 0 fully saturated rings. The van der Waals surface area contributed by atoms with Gasteiger partial charge in [-0.1, -0.05) is 42.5 Å². The molecule has 0 amide bonds. The third kappa shape index (κ3) is 4.44. The number of fused-ring (bicyclic) bond motifs is 1. The number of carbonyl (C=O) groups excluding carboxylic acids is 1. The minimum absolute atomic E-state index is 0.229. The van der Waals surface area contributed by atoms with Crippen LogP contribution in [-0.4, -0.2) is 24.0 Å². The zero-order valence-electron chi connectivity index (χ0n) is 17.5. The second-order valence-electron chi connectivity index (χ2n) is 8.16. The highest BCUT2D eigenvalue weighted by Gasteiger charge is 2.33. The lowest BCUT2D eigenvalue weighted by Gasteiger charge is -2.30. The van der Waals surface area contributed by atoms with Gasteiger partial charge in [-0.25, -0.2) is 0 Å². The smallest absolute Gasteiger partial charge is 0.316 e. The Bertz CT molecular complexity index is 879. The molecule has 0 aromatic heterocycles. The van der Waals surface area contributed by atoms with E-state index >= 15 is 0 Å². The number of benzene rings is 2. The molecule has 1 atom stereocenters. The first-order valence-corrected chi connectivity index (χ1v) is 9.97. The van der Waals surface area contributed by atoms with Crippen molar-refractivity contribution in [3.63, 3.8) is 0 Å². The number of esters is 1. The molecule has 1 aliphatic rings. The van der Waals surface area contributed by atoms with Gasteiger partial charge in [0, 0.05) is 5.69 Å². The largest absolute Gasteiger partial charge is 0.465 e. The van der Waals surface area contributed by atoms with E-state index in [4.69, 9.17) is 9.73 Å². The van der Waals surface area contributed by atoms with Crippen molar-refractivity contribution in [1.29, 1.82) is 0 Å². The van der Waals surface area contributed by atoms with Gasteiger partial charge in [0.15, 0.2) is 0 Å². The van der Waals surface area contributed by atoms with Gasteiger partial charge in [-0.15, -0.1) is 0 Å². The highest BCUT2D eigenvalue weighted by Crippen LogP contribution is 2.29. The first-order valence-electron chi connectivity index (χ1n) is 9.97. The summed E-state index contributed by atoms with van der Waals surface area (Å²) in [6.45, 7) is 10.6. The van der Waals surface area contributed by atoms with E-state index in [1.807, 2.05) is 19.1 Å². The van der Waals surface area contributed by atoms with E-state index < -0.39 is 5.92 Å². The van der Waals surface area contributed by atoms with Crippen LogP contribution >= 0.6 is 0 Å². The van der Waals surface area contributed by atoms with Gasteiger partial charge in [0.05, 0.1) is 12.1 Å². The van der Waals surface area contributed by atoms with E-state index in [9.17, 15) is 4.79 Å². The molecule has 0 aliphatic carbocycles. The van der Waals surface area contributed by atoms with Crippen LogP contribution in [0.15, 0.2) is 47.5 Å². The monoisotopic (exact) mass is 378 g/mol. The highest BCUT2D eigenvalue weighted by atomic mass is 16.5. The Balaban J connectivity index is 2.09. The van der Waals surface area contributed by atoms with Crippen LogP contribution in [0.25, 0.3) is 0 Å². The van der Waals surface area contributed by atoms with Gasteiger partial charge in [0.1, 0.15) is 11.8 Å². The Morgan fingerprint density at radius 2 is 1.75 bits per heavy atom. The maximum Gasteiger partial charge on any atom is 0.316 e. The average molecular weight is 379 g/mol. The number of aryl methyl sites for hydroxylation is 2. The van der Waals surface area contributed by atoms with Crippen molar-refractivity contribution in [2.75, 3.05) is 11.9 Å². The normalized spacial score (nSPS) is 18.3. The van der Waals surface area contributed by atoms with Gasteiger partial charge in [-0.05, 0) is 69.7 Å². The fourth-order valence-electron chi connectivity index (χ4n) is 3.85. The molecule has 0 radical (unpaired) electrons. The van der Waals surface area contributed by atoms with Crippen molar-refractivity contribution < 1.29 is 9.53 Å². The van der Waals surface area contributed by atoms with Gasteiger partial charge >= 0.3 is 5.97 Å². The van der Waals surface area contributed by atoms with Crippen molar-refractivity contribution in [2.45, 2.75) is 53.0 Å². The molecule has 2 aromatic carbocycles.